The van der Waals surface area contributed by atoms with Crippen molar-refractivity contribution >= 4 is 17.3 Å². The Bertz CT molecular complexity index is 1250. The van der Waals surface area contributed by atoms with E-state index in [4.69, 9.17) is 10.5 Å². The van der Waals surface area contributed by atoms with Crippen molar-refractivity contribution < 1.29 is 9.53 Å². The summed E-state index contributed by atoms with van der Waals surface area (Å²) in [5.41, 5.74) is 12.9. The number of ether oxygens (including phenoxy) is 1. The SMILES string of the molecule is COc1ccc(N(Cc2cnccc2C)C2CCN(C(C)CCNC(=O)c3c(C)ccc(N)c3C)CC2)cc1. The van der Waals surface area contributed by atoms with Gasteiger partial charge < -0.3 is 25.6 Å². The van der Waals surface area contributed by atoms with E-state index in [-0.39, 0.29) is 5.91 Å². The molecule has 4 rings (SSSR count). The highest BCUT2D eigenvalue weighted by Crippen LogP contribution is 2.29. The van der Waals surface area contributed by atoms with Gasteiger partial charge in [-0.05, 0) is 106 Å². The number of rotatable bonds is 10. The van der Waals surface area contributed by atoms with Crippen LogP contribution in [0.5, 0.6) is 5.75 Å². The standard InChI is InChI=1S/C32H43N5O2/c1-22-12-16-34-20-26(22)21-37(27-7-9-29(39-5)10-8-27)28-14-18-36(19-15-28)24(3)13-17-35-32(38)31-23(2)6-11-30(33)25(31)4/h6-12,16,20,24,28H,13-15,17-19,21,33H2,1-5H3,(H,35,38). The Morgan fingerprint density at radius 3 is 2.49 bits per heavy atom. The Morgan fingerprint density at radius 1 is 1.10 bits per heavy atom. The van der Waals surface area contributed by atoms with Crippen molar-refractivity contribution in [3.63, 3.8) is 0 Å². The molecule has 1 aliphatic heterocycles. The normalized spacial score (nSPS) is 15.1. The molecule has 3 aromatic rings. The molecule has 3 N–H and O–H groups in total. The van der Waals surface area contributed by atoms with Crippen LogP contribution in [0.1, 0.15) is 58.8 Å². The number of hydrogen-bond donors (Lipinski definition) is 2. The number of nitrogen functional groups attached to an aromatic ring is 1. The Hall–Kier alpha value is -3.58. The molecule has 208 valence electrons. The molecule has 1 atom stereocenters. The highest BCUT2D eigenvalue weighted by atomic mass is 16.5. The van der Waals surface area contributed by atoms with Gasteiger partial charge in [-0.2, -0.15) is 0 Å². The third kappa shape index (κ3) is 6.90. The zero-order valence-corrected chi connectivity index (χ0v) is 24.0. The van der Waals surface area contributed by atoms with Crippen molar-refractivity contribution in [2.75, 3.05) is 37.4 Å². The number of nitrogens with zero attached hydrogens (tertiary/aromatic N) is 3. The second-order valence-corrected chi connectivity index (χ2v) is 10.8. The first-order valence-electron chi connectivity index (χ1n) is 14.0. The van der Waals surface area contributed by atoms with Gasteiger partial charge in [-0.25, -0.2) is 0 Å². The summed E-state index contributed by atoms with van der Waals surface area (Å²) in [5, 5.41) is 3.12. The van der Waals surface area contributed by atoms with E-state index in [1.165, 1.54) is 16.8 Å². The summed E-state index contributed by atoms with van der Waals surface area (Å²) in [6.07, 6.45) is 6.93. The maximum absolute atomic E-state index is 12.9. The molecule has 2 heterocycles. The van der Waals surface area contributed by atoms with Gasteiger partial charge in [-0.1, -0.05) is 6.07 Å². The van der Waals surface area contributed by atoms with E-state index in [1.807, 2.05) is 50.5 Å². The first-order valence-corrected chi connectivity index (χ1v) is 14.0. The van der Waals surface area contributed by atoms with E-state index in [9.17, 15) is 4.79 Å². The minimum Gasteiger partial charge on any atom is -0.497 e. The number of hydrogen-bond acceptors (Lipinski definition) is 6. The van der Waals surface area contributed by atoms with Crippen molar-refractivity contribution in [1.82, 2.24) is 15.2 Å². The number of nitrogens with two attached hydrogens (primary N) is 1. The van der Waals surface area contributed by atoms with Gasteiger partial charge in [0.2, 0.25) is 0 Å². The van der Waals surface area contributed by atoms with Crippen LogP contribution >= 0.6 is 0 Å². The van der Waals surface area contributed by atoms with E-state index >= 15 is 0 Å². The molecule has 39 heavy (non-hydrogen) atoms. The van der Waals surface area contributed by atoms with Crippen molar-refractivity contribution in [1.29, 1.82) is 0 Å². The lowest BCUT2D eigenvalue weighted by Crippen LogP contribution is -2.48. The Balaban J connectivity index is 1.35. The van der Waals surface area contributed by atoms with E-state index in [0.29, 0.717) is 29.9 Å². The molecule has 0 radical (unpaired) electrons. The molecule has 1 unspecified atom stereocenters. The number of aryl methyl sites for hydroxylation is 2. The van der Waals surface area contributed by atoms with Crippen LogP contribution in [0.25, 0.3) is 0 Å². The highest BCUT2D eigenvalue weighted by molar-refractivity contribution is 5.98. The summed E-state index contributed by atoms with van der Waals surface area (Å²) in [4.78, 5) is 22.3. The number of carbonyl (C=O) groups is 1. The molecule has 0 aliphatic carbocycles. The monoisotopic (exact) mass is 529 g/mol. The van der Waals surface area contributed by atoms with Crippen molar-refractivity contribution in [3.05, 3.63) is 82.7 Å². The molecule has 1 aliphatic rings. The molecule has 1 amide bonds. The van der Waals surface area contributed by atoms with Crippen LogP contribution < -0.4 is 20.7 Å². The molecule has 0 bridgehead atoms. The fourth-order valence-electron chi connectivity index (χ4n) is 5.57. The summed E-state index contributed by atoms with van der Waals surface area (Å²) in [7, 11) is 1.70. The summed E-state index contributed by atoms with van der Waals surface area (Å²) in [5.74, 6) is 0.831. The molecule has 1 aromatic heterocycles. The van der Waals surface area contributed by atoms with Gasteiger partial charge >= 0.3 is 0 Å². The number of amides is 1. The van der Waals surface area contributed by atoms with Gasteiger partial charge in [-0.15, -0.1) is 0 Å². The van der Waals surface area contributed by atoms with Gasteiger partial charge in [0.05, 0.1) is 7.11 Å². The van der Waals surface area contributed by atoms with E-state index in [0.717, 1.165) is 55.8 Å². The lowest BCUT2D eigenvalue weighted by Gasteiger charge is -2.42. The molecule has 0 saturated carbocycles. The maximum atomic E-state index is 12.9. The number of anilines is 2. The Kier molecular flexibility index (Phi) is 9.46. The average Bonchev–Trinajstić information content (AvgIpc) is 2.95. The highest BCUT2D eigenvalue weighted by Gasteiger charge is 2.28. The van der Waals surface area contributed by atoms with Crippen LogP contribution in [0.2, 0.25) is 0 Å². The third-order valence-corrected chi connectivity index (χ3v) is 8.25. The second kappa shape index (κ2) is 13.0. The quantitative estimate of drug-likeness (QED) is 0.348. The topological polar surface area (TPSA) is 83.7 Å². The molecule has 7 heteroatoms. The second-order valence-electron chi connectivity index (χ2n) is 10.8. The van der Waals surface area contributed by atoms with Crippen molar-refractivity contribution in [2.45, 2.75) is 65.6 Å². The molecule has 1 saturated heterocycles. The number of nitrogens with one attached hydrogen (secondary N) is 1. The number of benzene rings is 2. The molecular formula is C32H43N5O2. The molecule has 0 spiro atoms. The van der Waals surface area contributed by atoms with Crippen molar-refractivity contribution in [3.8, 4) is 5.75 Å². The van der Waals surface area contributed by atoms with E-state index < -0.39 is 0 Å². The lowest BCUT2D eigenvalue weighted by molar-refractivity contribution is 0.0944. The Labute approximate surface area is 233 Å². The van der Waals surface area contributed by atoms with Gasteiger partial charge in [0, 0.05) is 67.6 Å². The smallest absolute Gasteiger partial charge is 0.251 e. The van der Waals surface area contributed by atoms with Crippen LogP contribution in [0.3, 0.4) is 0 Å². The molecule has 2 aromatic carbocycles. The summed E-state index contributed by atoms with van der Waals surface area (Å²) in [6, 6.07) is 15.1. The van der Waals surface area contributed by atoms with E-state index in [1.54, 1.807) is 7.11 Å². The van der Waals surface area contributed by atoms with Crippen LogP contribution in [-0.4, -0.2) is 54.6 Å². The lowest BCUT2D eigenvalue weighted by atomic mass is 9.98. The summed E-state index contributed by atoms with van der Waals surface area (Å²) in [6.45, 7) is 11.8. The summed E-state index contributed by atoms with van der Waals surface area (Å²) < 4.78 is 5.39. The summed E-state index contributed by atoms with van der Waals surface area (Å²) >= 11 is 0. The van der Waals surface area contributed by atoms with Gasteiger partial charge in [0.15, 0.2) is 0 Å². The average molecular weight is 530 g/mol. The largest absolute Gasteiger partial charge is 0.497 e. The van der Waals surface area contributed by atoms with Gasteiger partial charge in [0.25, 0.3) is 5.91 Å². The number of carbonyl (C=O) groups excluding carboxylic acids is 1. The number of pyridine rings is 1. The molecular weight excluding hydrogens is 486 g/mol. The number of likely N-dealkylation sites (tertiary alicyclic amines) is 1. The van der Waals surface area contributed by atoms with Crippen LogP contribution in [0, 0.1) is 20.8 Å². The third-order valence-electron chi connectivity index (χ3n) is 8.25. The minimum absolute atomic E-state index is 0.0379. The zero-order valence-electron chi connectivity index (χ0n) is 24.0. The Morgan fingerprint density at radius 2 is 1.82 bits per heavy atom. The predicted molar refractivity (Wildman–Crippen MR) is 159 cm³/mol. The van der Waals surface area contributed by atoms with E-state index in [2.05, 4.69) is 52.1 Å². The fourth-order valence-corrected chi connectivity index (χ4v) is 5.57. The van der Waals surface area contributed by atoms with Gasteiger partial charge in [0.1, 0.15) is 5.75 Å². The van der Waals surface area contributed by atoms with Crippen LogP contribution in [0.4, 0.5) is 11.4 Å². The maximum Gasteiger partial charge on any atom is 0.251 e. The van der Waals surface area contributed by atoms with Crippen LogP contribution in [0.15, 0.2) is 54.9 Å². The van der Waals surface area contributed by atoms with Gasteiger partial charge in [-0.3, -0.25) is 9.78 Å². The predicted octanol–water partition coefficient (Wildman–Crippen LogP) is 5.28. The van der Waals surface area contributed by atoms with Crippen molar-refractivity contribution in [2.24, 2.45) is 0 Å². The van der Waals surface area contributed by atoms with Crippen LogP contribution in [-0.2, 0) is 6.54 Å². The minimum atomic E-state index is -0.0379. The fraction of sp³-hybridized carbons (Fsp3) is 0.438. The number of aromatic nitrogens is 1. The molecule has 7 nitrogen and oxygen atoms in total. The molecule has 1 fully saturated rings. The number of methoxy groups -OCH3 is 1. The first kappa shape index (κ1) is 28.4. The zero-order chi connectivity index (χ0) is 27.9. The first-order chi connectivity index (χ1) is 18.8. The number of piperidine rings is 1.